The first-order chi connectivity index (χ1) is 17.0. The van der Waals surface area contributed by atoms with Crippen LogP contribution in [0, 0.1) is 5.41 Å². The third-order valence-electron chi connectivity index (χ3n) is 5.52. The number of hydrogen-bond acceptors (Lipinski definition) is 7. The summed E-state index contributed by atoms with van der Waals surface area (Å²) >= 11 is 1.04. The van der Waals surface area contributed by atoms with Gasteiger partial charge in [-0.15, -0.1) is 0 Å². The second-order valence-electron chi connectivity index (χ2n) is 13.9. The Balaban J connectivity index is 2.80. The summed E-state index contributed by atoms with van der Waals surface area (Å²) in [5, 5.41) is 0.751. The van der Waals surface area contributed by atoms with E-state index in [0.29, 0.717) is 32.1 Å². The predicted octanol–water partition coefficient (Wildman–Crippen LogP) is 7.46. The van der Waals surface area contributed by atoms with Gasteiger partial charge in [0, 0.05) is 0 Å². The van der Waals surface area contributed by atoms with Gasteiger partial charge in [0.25, 0.3) is 0 Å². The Morgan fingerprint density at radius 1 is 0.921 bits per heavy atom. The molecule has 38 heavy (non-hydrogen) atoms. The van der Waals surface area contributed by atoms with E-state index in [1.165, 1.54) is 0 Å². The normalized spacial score (nSPS) is 18.7. The molecule has 0 aromatic rings. The van der Waals surface area contributed by atoms with Crippen LogP contribution in [0.1, 0.15) is 40.5 Å². The molecule has 2 atom stereocenters. The number of ether oxygens (including phenoxy) is 3. The summed E-state index contributed by atoms with van der Waals surface area (Å²) in [6, 6.07) is 0.661. The van der Waals surface area contributed by atoms with Crippen LogP contribution in [-0.4, -0.2) is 65.7 Å². The molecule has 1 fully saturated rings. The predicted molar refractivity (Wildman–Crippen MR) is 162 cm³/mol. The van der Waals surface area contributed by atoms with Crippen molar-refractivity contribution in [2.45, 2.75) is 121 Å². The molecule has 2 unspecified atom stereocenters. The number of rotatable bonds is 19. The summed E-state index contributed by atoms with van der Waals surface area (Å²) < 4.78 is 36.6. The van der Waals surface area contributed by atoms with Crippen molar-refractivity contribution in [3.05, 3.63) is 12.3 Å². The number of epoxide rings is 1. The number of allylic oxidation sites excluding steroid dienone is 1. The Hall–Kier alpha value is 0.224. The van der Waals surface area contributed by atoms with Crippen molar-refractivity contribution in [3.63, 3.8) is 0 Å². The Bertz CT molecular complexity index is 745. The molecule has 1 rings (SSSR count). The van der Waals surface area contributed by atoms with Gasteiger partial charge < -0.3 is 0 Å². The van der Waals surface area contributed by atoms with E-state index in [2.05, 4.69) is 79.3 Å². The fraction of sp³-hybridized carbons (Fsp3) is 0.885. The zero-order valence-electron chi connectivity index (χ0n) is 26.4. The van der Waals surface area contributed by atoms with Crippen LogP contribution in [0.4, 0.5) is 0 Å². The van der Waals surface area contributed by atoms with Crippen LogP contribution >= 0.6 is 0 Å². The molecule has 0 spiro atoms. The van der Waals surface area contributed by atoms with Crippen molar-refractivity contribution in [1.29, 1.82) is 0 Å². The number of carbonyl (C=O) groups is 1. The van der Waals surface area contributed by atoms with E-state index in [1.807, 2.05) is 13.8 Å². The minimum absolute atomic E-state index is 0.163. The van der Waals surface area contributed by atoms with Gasteiger partial charge in [-0.1, -0.05) is 0 Å². The molecule has 1 aliphatic heterocycles. The Labute approximate surface area is 243 Å². The third kappa shape index (κ3) is 14.2. The van der Waals surface area contributed by atoms with Crippen molar-refractivity contribution in [1.82, 2.24) is 0 Å². The Morgan fingerprint density at radius 2 is 1.39 bits per heavy atom. The van der Waals surface area contributed by atoms with Gasteiger partial charge >= 0.3 is 245 Å². The summed E-state index contributed by atoms with van der Waals surface area (Å²) in [7, 11) is -8.74. The quantitative estimate of drug-likeness (QED) is 0.0472. The maximum atomic E-state index is 13.3. The number of carbonyl (C=O) groups excluding carboxylic acids is 1. The second kappa shape index (κ2) is 13.9. The molecule has 0 N–H and O–H groups in total. The van der Waals surface area contributed by atoms with Crippen molar-refractivity contribution in [2.24, 2.45) is 5.41 Å². The van der Waals surface area contributed by atoms with E-state index in [-0.39, 0.29) is 17.5 Å². The van der Waals surface area contributed by atoms with Crippen molar-refractivity contribution in [3.8, 4) is 0 Å². The van der Waals surface area contributed by atoms with Gasteiger partial charge in [-0.3, -0.25) is 0 Å². The molecule has 0 amide bonds. The topological polar surface area (TPSA) is 75.8 Å². The first kappa shape index (κ1) is 36.3. The number of hydrogen-bond donors (Lipinski definition) is 0. The van der Waals surface area contributed by atoms with Gasteiger partial charge in [-0.25, -0.2) is 0 Å². The van der Waals surface area contributed by atoms with Crippen LogP contribution in [0.25, 0.3) is 0 Å². The van der Waals surface area contributed by atoms with Crippen LogP contribution in [0.15, 0.2) is 12.3 Å². The monoisotopic (exact) mass is 651 g/mol. The van der Waals surface area contributed by atoms with Crippen LogP contribution in [0.3, 0.4) is 0 Å². The average Bonchev–Trinajstić information content (AvgIpc) is 3.53. The summed E-state index contributed by atoms with van der Waals surface area (Å²) in [5.74, 6) is 0.573. The molecule has 0 aromatic heterocycles. The zero-order valence-corrected chi connectivity index (χ0v) is 31.5. The minimum atomic E-state index is -2.93. The van der Waals surface area contributed by atoms with Crippen LogP contribution in [-0.2, 0) is 46.0 Å². The van der Waals surface area contributed by atoms with Gasteiger partial charge in [0.15, 0.2) is 0 Å². The maximum absolute atomic E-state index is 13.3. The zero-order chi connectivity index (χ0) is 29.6. The standard InChI is InChI=1S/C17H41O5Si4.C9H15O2.Co/c1-12-16(2)17(18)19-14-13-15-26(20-23(3,4)5,21-24(6,7)8)22-25(9,10)11;1-7(9(2,3)4)10-5-8-6-11-8;/h12-15H2,1-11H3;8H,1-2,5-6H2,3-4H3;. The molecular weight excluding hydrogens is 596 g/mol. The fourth-order valence-electron chi connectivity index (χ4n) is 3.39. The summed E-state index contributed by atoms with van der Waals surface area (Å²) in [4.78, 5) is 13.3. The summed E-state index contributed by atoms with van der Waals surface area (Å²) in [6.45, 7) is 33.7. The van der Waals surface area contributed by atoms with E-state index < -0.39 is 38.1 Å². The molecule has 0 aliphatic carbocycles. The molecule has 0 radical (unpaired) electrons. The SMILES string of the molecule is C=C(OCC1CO1)C(C)(C)[CH2][Co][C](C)(CC)C(=O)OCCC[Si](O[Si](C)(C)C)(O[Si](C)(C)C)O[Si](C)(C)C. The molecule has 0 aromatic carbocycles. The molecule has 1 aliphatic rings. The van der Waals surface area contributed by atoms with Gasteiger partial charge in [0.2, 0.25) is 0 Å². The van der Waals surface area contributed by atoms with Crippen molar-refractivity contribution < 1.29 is 46.0 Å². The molecular formula is C26H56CoO7Si4. The number of esters is 1. The van der Waals surface area contributed by atoms with E-state index >= 15 is 0 Å². The van der Waals surface area contributed by atoms with Gasteiger partial charge in [-0.05, 0) is 0 Å². The van der Waals surface area contributed by atoms with Gasteiger partial charge in [0.05, 0.1) is 0 Å². The van der Waals surface area contributed by atoms with E-state index in [0.717, 1.165) is 32.4 Å². The van der Waals surface area contributed by atoms with E-state index in [1.54, 1.807) is 0 Å². The molecule has 0 bridgehead atoms. The Morgan fingerprint density at radius 3 is 1.79 bits per heavy atom. The third-order valence-corrected chi connectivity index (χ3v) is 20.1. The second-order valence-corrected chi connectivity index (χ2v) is 32.8. The molecule has 0 saturated carbocycles. The molecule has 12 heteroatoms. The average molecular weight is 652 g/mol. The molecule has 1 saturated heterocycles. The van der Waals surface area contributed by atoms with Crippen molar-refractivity contribution in [2.75, 3.05) is 19.8 Å². The van der Waals surface area contributed by atoms with Crippen LogP contribution < -0.4 is 0 Å². The Kier molecular flexibility index (Phi) is 13.3. The summed E-state index contributed by atoms with van der Waals surface area (Å²) in [6.07, 6.45) is 1.55. The van der Waals surface area contributed by atoms with Crippen LogP contribution in [0.2, 0.25) is 74.7 Å². The molecule has 1 heterocycles. The van der Waals surface area contributed by atoms with E-state index in [4.69, 9.17) is 26.6 Å². The van der Waals surface area contributed by atoms with E-state index in [9.17, 15) is 4.79 Å². The molecule has 227 valence electrons. The van der Waals surface area contributed by atoms with Gasteiger partial charge in [0.1, 0.15) is 0 Å². The first-order valence-corrected chi connectivity index (χ1v) is 27.2. The van der Waals surface area contributed by atoms with Crippen molar-refractivity contribution >= 4 is 39.7 Å². The first-order valence-electron chi connectivity index (χ1n) is 13.8. The van der Waals surface area contributed by atoms with Gasteiger partial charge in [-0.2, -0.15) is 0 Å². The molecule has 7 nitrogen and oxygen atoms in total. The fourth-order valence-corrected chi connectivity index (χ4v) is 19.6. The van der Waals surface area contributed by atoms with Crippen LogP contribution in [0.5, 0.6) is 0 Å². The summed E-state index contributed by atoms with van der Waals surface area (Å²) in [5.41, 5.74) is -0.257.